The molecular formula is C17H21N3O2. The molecule has 2 N–H and O–H groups in total. The van der Waals surface area contributed by atoms with Gasteiger partial charge in [0.1, 0.15) is 0 Å². The number of hydrogen-bond donors (Lipinski definition) is 2. The molecule has 5 heteroatoms. The standard InChI is InChI=1S/C17H21N3O2/c1-10-8-20(13-3-4-13)9-15(10)19-17(22)11-2-5-14-12(6-11)7-16(21)18-14/h2,5-6,10,13,15H,3-4,7-9H2,1H3,(H,18,21)(H,19,22)/t10-,15+/m1/s1. The van der Waals surface area contributed by atoms with Gasteiger partial charge in [0.15, 0.2) is 0 Å². The Morgan fingerprint density at radius 2 is 2.14 bits per heavy atom. The Kier molecular flexibility index (Phi) is 3.18. The van der Waals surface area contributed by atoms with Crippen molar-refractivity contribution in [1.82, 2.24) is 10.2 Å². The fraction of sp³-hybridized carbons (Fsp3) is 0.529. The van der Waals surface area contributed by atoms with Crippen molar-refractivity contribution in [3.8, 4) is 0 Å². The van der Waals surface area contributed by atoms with Gasteiger partial charge in [-0.25, -0.2) is 0 Å². The smallest absolute Gasteiger partial charge is 0.251 e. The summed E-state index contributed by atoms with van der Waals surface area (Å²) in [5.41, 5.74) is 2.39. The molecule has 5 nitrogen and oxygen atoms in total. The number of fused-ring (bicyclic) bond motifs is 1. The molecule has 2 atom stereocenters. The van der Waals surface area contributed by atoms with Crippen LogP contribution in [0.25, 0.3) is 0 Å². The molecule has 0 spiro atoms. The fourth-order valence-corrected chi connectivity index (χ4v) is 3.55. The van der Waals surface area contributed by atoms with Crippen molar-refractivity contribution in [2.24, 2.45) is 5.92 Å². The maximum absolute atomic E-state index is 12.5. The van der Waals surface area contributed by atoms with Crippen molar-refractivity contribution < 1.29 is 9.59 Å². The topological polar surface area (TPSA) is 61.4 Å². The first kappa shape index (κ1) is 13.8. The largest absolute Gasteiger partial charge is 0.348 e. The second kappa shape index (κ2) is 5.09. The van der Waals surface area contributed by atoms with E-state index in [1.165, 1.54) is 12.8 Å². The summed E-state index contributed by atoms with van der Waals surface area (Å²) in [6.45, 7) is 4.25. The number of benzene rings is 1. The van der Waals surface area contributed by atoms with E-state index in [1.807, 2.05) is 12.1 Å². The third-order valence-electron chi connectivity index (χ3n) is 5.01. The zero-order valence-electron chi connectivity index (χ0n) is 12.8. The third kappa shape index (κ3) is 2.50. The van der Waals surface area contributed by atoms with Crippen LogP contribution in [-0.2, 0) is 11.2 Å². The van der Waals surface area contributed by atoms with E-state index >= 15 is 0 Å². The average molecular weight is 299 g/mol. The number of carbonyl (C=O) groups is 2. The van der Waals surface area contributed by atoms with Crippen LogP contribution < -0.4 is 10.6 Å². The summed E-state index contributed by atoms with van der Waals surface area (Å²) in [4.78, 5) is 26.4. The third-order valence-corrected chi connectivity index (χ3v) is 5.01. The van der Waals surface area contributed by atoms with Crippen LogP contribution in [0.2, 0.25) is 0 Å². The first-order chi connectivity index (χ1) is 10.6. The van der Waals surface area contributed by atoms with Gasteiger partial charge >= 0.3 is 0 Å². The fourth-order valence-electron chi connectivity index (χ4n) is 3.55. The van der Waals surface area contributed by atoms with Gasteiger partial charge in [0.2, 0.25) is 5.91 Å². The molecule has 22 heavy (non-hydrogen) atoms. The van der Waals surface area contributed by atoms with Crippen LogP contribution in [0, 0.1) is 5.92 Å². The Morgan fingerprint density at radius 3 is 2.91 bits per heavy atom. The lowest BCUT2D eigenvalue weighted by atomic mass is 10.0. The molecule has 1 aliphatic carbocycles. The van der Waals surface area contributed by atoms with E-state index < -0.39 is 0 Å². The van der Waals surface area contributed by atoms with Crippen LogP contribution in [-0.4, -0.2) is 41.9 Å². The lowest BCUT2D eigenvalue weighted by Gasteiger charge is -2.17. The van der Waals surface area contributed by atoms with E-state index in [2.05, 4.69) is 22.5 Å². The monoisotopic (exact) mass is 299 g/mol. The molecular weight excluding hydrogens is 278 g/mol. The number of nitrogens with one attached hydrogen (secondary N) is 2. The number of anilines is 1. The van der Waals surface area contributed by atoms with Crippen molar-refractivity contribution in [2.45, 2.75) is 38.3 Å². The highest BCUT2D eigenvalue weighted by Crippen LogP contribution is 2.32. The summed E-state index contributed by atoms with van der Waals surface area (Å²) in [6, 6.07) is 6.42. The summed E-state index contributed by atoms with van der Waals surface area (Å²) in [5.74, 6) is 0.455. The van der Waals surface area contributed by atoms with Gasteiger partial charge in [-0.05, 0) is 42.5 Å². The molecule has 2 heterocycles. The molecule has 4 rings (SSSR count). The van der Waals surface area contributed by atoms with E-state index in [0.717, 1.165) is 30.4 Å². The van der Waals surface area contributed by atoms with Crippen molar-refractivity contribution in [2.75, 3.05) is 18.4 Å². The van der Waals surface area contributed by atoms with Gasteiger partial charge in [0.25, 0.3) is 5.91 Å². The summed E-state index contributed by atoms with van der Waals surface area (Å²) < 4.78 is 0. The molecule has 3 aliphatic rings. The lowest BCUT2D eigenvalue weighted by Crippen LogP contribution is -2.40. The molecule has 2 aliphatic heterocycles. The summed E-state index contributed by atoms with van der Waals surface area (Å²) in [7, 11) is 0. The minimum Gasteiger partial charge on any atom is -0.348 e. The predicted molar refractivity (Wildman–Crippen MR) is 83.8 cm³/mol. The Labute approximate surface area is 130 Å². The first-order valence-corrected chi connectivity index (χ1v) is 8.08. The molecule has 1 saturated heterocycles. The highest BCUT2D eigenvalue weighted by atomic mass is 16.2. The molecule has 0 bridgehead atoms. The van der Waals surface area contributed by atoms with Crippen molar-refractivity contribution in [3.05, 3.63) is 29.3 Å². The van der Waals surface area contributed by atoms with Gasteiger partial charge in [-0.1, -0.05) is 6.92 Å². The quantitative estimate of drug-likeness (QED) is 0.887. The van der Waals surface area contributed by atoms with Crippen molar-refractivity contribution >= 4 is 17.5 Å². The number of rotatable bonds is 3. The first-order valence-electron chi connectivity index (χ1n) is 8.08. The van der Waals surface area contributed by atoms with E-state index in [9.17, 15) is 9.59 Å². The Morgan fingerprint density at radius 1 is 1.32 bits per heavy atom. The Bertz CT molecular complexity index is 639. The average Bonchev–Trinajstić information content (AvgIpc) is 3.17. The van der Waals surface area contributed by atoms with Crippen LogP contribution >= 0.6 is 0 Å². The van der Waals surface area contributed by atoms with Crippen molar-refractivity contribution in [1.29, 1.82) is 0 Å². The number of nitrogens with zero attached hydrogens (tertiary/aromatic N) is 1. The van der Waals surface area contributed by atoms with Gasteiger partial charge in [0.05, 0.1) is 6.42 Å². The van der Waals surface area contributed by atoms with E-state index in [1.54, 1.807) is 6.07 Å². The molecule has 2 fully saturated rings. The second-order valence-electron chi connectivity index (χ2n) is 6.84. The van der Waals surface area contributed by atoms with Gasteiger partial charge < -0.3 is 10.6 Å². The van der Waals surface area contributed by atoms with E-state index in [4.69, 9.17) is 0 Å². The van der Waals surface area contributed by atoms with Crippen LogP contribution in [0.1, 0.15) is 35.7 Å². The SMILES string of the molecule is C[C@@H]1CN(C2CC2)C[C@@H]1NC(=O)c1ccc2c(c1)CC(=O)N2. The Balaban J connectivity index is 1.44. The van der Waals surface area contributed by atoms with Gasteiger partial charge in [0, 0.05) is 36.4 Å². The number of amides is 2. The maximum atomic E-state index is 12.5. The molecule has 2 amide bonds. The molecule has 0 unspecified atom stereocenters. The van der Waals surface area contributed by atoms with Gasteiger partial charge in [-0.15, -0.1) is 0 Å². The molecule has 1 aromatic carbocycles. The summed E-state index contributed by atoms with van der Waals surface area (Å²) >= 11 is 0. The van der Waals surface area contributed by atoms with Crippen LogP contribution in [0.5, 0.6) is 0 Å². The minimum absolute atomic E-state index is 0.00273. The lowest BCUT2D eigenvalue weighted by molar-refractivity contribution is -0.115. The Hall–Kier alpha value is -1.88. The molecule has 116 valence electrons. The van der Waals surface area contributed by atoms with Crippen LogP contribution in [0.15, 0.2) is 18.2 Å². The van der Waals surface area contributed by atoms with Crippen LogP contribution in [0.3, 0.4) is 0 Å². The van der Waals surface area contributed by atoms with E-state index in [0.29, 0.717) is 17.9 Å². The highest BCUT2D eigenvalue weighted by Gasteiger charge is 2.38. The molecule has 1 saturated carbocycles. The maximum Gasteiger partial charge on any atom is 0.251 e. The zero-order valence-corrected chi connectivity index (χ0v) is 12.8. The minimum atomic E-state index is -0.0309. The number of hydrogen-bond acceptors (Lipinski definition) is 3. The summed E-state index contributed by atoms with van der Waals surface area (Å²) in [5, 5.41) is 5.97. The highest BCUT2D eigenvalue weighted by molar-refractivity contribution is 6.01. The second-order valence-corrected chi connectivity index (χ2v) is 6.84. The number of likely N-dealkylation sites (tertiary alicyclic amines) is 1. The summed E-state index contributed by atoms with van der Waals surface area (Å²) in [6.07, 6.45) is 2.98. The number of carbonyl (C=O) groups excluding carboxylic acids is 2. The molecule has 1 aromatic rings. The van der Waals surface area contributed by atoms with Crippen molar-refractivity contribution in [3.63, 3.8) is 0 Å². The van der Waals surface area contributed by atoms with Gasteiger partial charge in [-0.2, -0.15) is 0 Å². The molecule has 0 radical (unpaired) electrons. The zero-order chi connectivity index (χ0) is 15.3. The molecule has 0 aromatic heterocycles. The van der Waals surface area contributed by atoms with E-state index in [-0.39, 0.29) is 17.9 Å². The predicted octanol–water partition coefficient (Wildman–Crippen LogP) is 1.39. The van der Waals surface area contributed by atoms with Crippen LogP contribution in [0.4, 0.5) is 5.69 Å². The van der Waals surface area contributed by atoms with Gasteiger partial charge in [-0.3, -0.25) is 14.5 Å². The normalized spacial score (nSPS) is 27.6.